The quantitative estimate of drug-likeness (QED) is 0.214. The average Bonchev–Trinajstić information content (AvgIpc) is 3.23. The van der Waals surface area contributed by atoms with Crippen LogP contribution in [0.4, 0.5) is 0 Å². The minimum absolute atomic E-state index is 0.000157. The Morgan fingerprint density at radius 3 is 2.47 bits per heavy atom. The van der Waals surface area contributed by atoms with E-state index in [4.69, 9.17) is 32.7 Å². The molecule has 1 heterocycles. The number of rotatable bonds is 13. The van der Waals surface area contributed by atoms with Crippen molar-refractivity contribution in [2.75, 3.05) is 26.7 Å². The van der Waals surface area contributed by atoms with E-state index in [2.05, 4.69) is 24.1 Å². The fourth-order valence-corrected chi connectivity index (χ4v) is 4.72. The first kappa shape index (κ1) is 26.7. The number of halogens is 2. The summed E-state index contributed by atoms with van der Waals surface area (Å²) in [6.07, 6.45) is 8.77. The molecule has 1 N–H and O–H groups in total. The molecular formula is C24H36Cl2N2O4. The van der Waals surface area contributed by atoms with Gasteiger partial charge in [0, 0.05) is 19.0 Å². The lowest BCUT2D eigenvalue weighted by Gasteiger charge is -2.23. The van der Waals surface area contributed by atoms with Gasteiger partial charge in [0.1, 0.15) is 5.56 Å². The van der Waals surface area contributed by atoms with Crippen LogP contribution in [0.25, 0.3) is 0 Å². The van der Waals surface area contributed by atoms with Crippen molar-refractivity contribution in [1.82, 2.24) is 10.2 Å². The Bertz CT molecular complexity index is 773. The first-order chi connectivity index (χ1) is 15.4. The zero-order chi connectivity index (χ0) is 23.5. The fraction of sp³-hybridized carbons (Fsp3) is 0.667. The number of hydrogen-bond donors (Lipinski definition) is 1. The van der Waals surface area contributed by atoms with Gasteiger partial charge in [-0.1, -0.05) is 69.2 Å². The highest BCUT2D eigenvalue weighted by Crippen LogP contribution is 2.41. The highest BCUT2D eigenvalue weighted by atomic mass is 35.5. The Morgan fingerprint density at radius 2 is 1.78 bits per heavy atom. The van der Waals surface area contributed by atoms with Crippen molar-refractivity contribution in [2.45, 2.75) is 77.7 Å². The maximum absolute atomic E-state index is 13.1. The molecule has 0 saturated carbocycles. The van der Waals surface area contributed by atoms with Gasteiger partial charge in [-0.25, -0.2) is 0 Å². The minimum atomic E-state index is -0.422. The van der Waals surface area contributed by atoms with Gasteiger partial charge in [-0.3, -0.25) is 14.5 Å². The van der Waals surface area contributed by atoms with Crippen molar-refractivity contribution in [3.8, 4) is 11.5 Å². The van der Waals surface area contributed by atoms with E-state index in [1.807, 2.05) is 0 Å². The Kier molecular flexibility index (Phi) is 11.6. The number of carbonyl (C=O) groups excluding carboxylic acids is 2. The largest absolute Gasteiger partial charge is 0.494 e. The number of hydrogen-bond acceptors (Lipinski definition) is 5. The molecule has 32 heavy (non-hydrogen) atoms. The highest BCUT2D eigenvalue weighted by molar-refractivity contribution is 6.37. The smallest absolute Gasteiger partial charge is 0.311 e. The van der Waals surface area contributed by atoms with Crippen LogP contribution in [0.15, 0.2) is 6.07 Å². The van der Waals surface area contributed by atoms with E-state index in [9.17, 15) is 9.59 Å². The molecule has 6 nitrogen and oxygen atoms in total. The Labute approximate surface area is 201 Å². The van der Waals surface area contributed by atoms with Gasteiger partial charge in [0.15, 0.2) is 11.5 Å². The number of unbranched alkanes of at least 4 members (excludes halogenated alkanes) is 5. The molecule has 1 amide bonds. The zero-order valence-electron chi connectivity index (χ0n) is 19.5. The summed E-state index contributed by atoms with van der Waals surface area (Å²) < 4.78 is 10.9. The first-order valence-corrected chi connectivity index (χ1v) is 12.5. The van der Waals surface area contributed by atoms with Gasteiger partial charge in [0.05, 0.1) is 17.2 Å². The van der Waals surface area contributed by atoms with Gasteiger partial charge in [0.25, 0.3) is 5.91 Å². The van der Waals surface area contributed by atoms with E-state index in [0.29, 0.717) is 6.54 Å². The molecule has 1 atom stereocenters. The standard InChI is InChI=1S/C24H36Cl2N2O4/c1-4-6-7-8-9-10-13-20(29)32-23-19(26)15-18(25)22(31-3)21(23)24(30)27-16-17-12-11-14-28(17)5-2/h15,17H,4-14,16H2,1-3H3,(H,27,30)/t17-/m0/s1. The number of carbonyl (C=O) groups is 2. The van der Waals surface area contributed by atoms with E-state index >= 15 is 0 Å². The predicted octanol–water partition coefficient (Wildman–Crippen LogP) is 5.87. The number of benzene rings is 1. The maximum Gasteiger partial charge on any atom is 0.311 e. The topological polar surface area (TPSA) is 67.9 Å². The van der Waals surface area contributed by atoms with Crippen molar-refractivity contribution in [2.24, 2.45) is 0 Å². The Balaban J connectivity index is 2.09. The summed E-state index contributed by atoms with van der Waals surface area (Å²) in [5.41, 5.74) is 0.0577. The molecule has 0 spiro atoms. The summed E-state index contributed by atoms with van der Waals surface area (Å²) in [5, 5.41) is 3.24. The molecule has 0 aliphatic carbocycles. The number of ether oxygens (including phenoxy) is 2. The fourth-order valence-electron chi connectivity index (χ4n) is 4.15. The molecule has 0 radical (unpaired) electrons. The third kappa shape index (κ3) is 7.53. The van der Waals surface area contributed by atoms with Gasteiger partial charge in [-0.15, -0.1) is 0 Å². The molecule has 180 valence electrons. The number of likely N-dealkylation sites (tertiary alicyclic amines) is 1. The van der Waals surface area contributed by atoms with E-state index in [1.54, 1.807) is 0 Å². The summed E-state index contributed by atoms with van der Waals surface area (Å²) >= 11 is 12.6. The normalized spacial score (nSPS) is 16.2. The van der Waals surface area contributed by atoms with Crippen LogP contribution in [-0.4, -0.2) is 49.6 Å². The van der Waals surface area contributed by atoms with Gasteiger partial charge in [0.2, 0.25) is 0 Å². The molecule has 1 aromatic carbocycles. The molecule has 1 aliphatic heterocycles. The Hall–Kier alpha value is -1.50. The lowest BCUT2D eigenvalue weighted by atomic mass is 10.1. The summed E-state index contributed by atoms with van der Waals surface area (Å²) in [5.74, 6) is -0.694. The molecule has 0 bridgehead atoms. The number of methoxy groups -OCH3 is 1. The molecular weight excluding hydrogens is 451 g/mol. The number of nitrogens with one attached hydrogen (secondary N) is 1. The van der Waals surface area contributed by atoms with Crippen LogP contribution in [0.3, 0.4) is 0 Å². The van der Waals surface area contributed by atoms with E-state index < -0.39 is 11.9 Å². The van der Waals surface area contributed by atoms with E-state index in [1.165, 1.54) is 32.4 Å². The van der Waals surface area contributed by atoms with Crippen molar-refractivity contribution in [3.05, 3.63) is 21.7 Å². The average molecular weight is 487 g/mol. The number of esters is 1. The van der Waals surface area contributed by atoms with Gasteiger partial charge < -0.3 is 14.8 Å². The van der Waals surface area contributed by atoms with Crippen LogP contribution in [0, 0.1) is 0 Å². The molecule has 1 fully saturated rings. The third-order valence-electron chi connectivity index (χ3n) is 5.93. The van der Waals surface area contributed by atoms with Gasteiger partial charge in [-0.2, -0.15) is 0 Å². The van der Waals surface area contributed by atoms with E-state index in [0.717, 1.165) is 45.2 Å². The predicted molar refractivity (Wildman–Crippen MR) is 129 cm³/mol. The molecule has 0 unspecified atom stereocenters. The van der Waals surface area contributed by atoms with Crippen LogP contribution in [-0.2, 0) is 4.79 Å². The monoisotopic (exact) mass is 486 g/mol. The second kappa shape index (κ2) is 13.9. The SMILES string of the molecule is CCCCCCCCC(=O)Oc1c(Cl)cc(Cl)c(OC)c1C(=O)NC[C@@H]1CCCN1CC. The summed E-state index contributed by atoms with van der Waals surface area (Å²) in [4.78, 5) is 27.9. The van der Waals surface area contributed by atoms with Crippen LogP contribution in [0.5, 0.6) is 11.5 Å². The molecule has 8 heteroatoms. The Morgan fingerprint density at radius 1 is 1.09 bits per heavy atom. The number of likely N-dealkylation sites (N-methyl/N-ethyl adjacent to an activating group) is 1. The number of nitrogens with zero attached hydrogens (tertiary/aromatic N) is 1. The van der Waals surface area contributed by atoms with Crippen molar-refractivity contribution >= 4 is 35.1 Å². The minimum Gasteiger partial charge on any atom is -0.494 e. The van der Waals surface area contributed by atoms with Crippen molar-refractivity contribution in [1.29, 1.82) is 0 Å². The summed E-state index contributed by atoms with van der Waals surface area (Å²) in [6.45, 7) is 6.74. The molecule has 1 saturated heterocycles. The highest BCUT2D eigenvalue weighted by Gasteiger charge is 2.28. The summed E-state index contributed by atoms with van der Waals surface area (Å²) in [6, 6.07) is 1.71. The van der Waals surface area contributed by atoms with Crippen molar-refractivity contribution in [3.63, 3.8) is 0 Å². The lowest BCUT2D eigenvalue weighted by Crippen LogP contribution is -2.40. The van der Waals surface area contributed by atoms with Crippen LogP contribution < -0.4 is 14.8 Å². The molecule has 1 aliphatic rings. The first-order valence-electron chi connectivity index (χ1n) is 11.7. The molecule has 2 rings (SSSR count). The van der Waals surface area contributed by atoms with Gasteiger partial charge in [-0.05, 0) is 38.4 Å². The molecule has 1 aromatic rings. The summed E-state index contributed by atoms with van der Waals surface area (Å²) in [7, 11) is 1.42. The maximum atomic E-state index is 13.1. The van der Waals surface area contributed by atoms with Crippen LogP contribution in [0.2, 0.25) is 10.0 Å². The zero-order valence-corrected chi connectivity index (χ0v) is 21.0. The van der Waals surface area contributed by atoms with Crippen molar-refractivity contribution < 1.29 is 19.1 Å². The second-order valence-corrected chi connectivity index (χ2v) is 9.02. The third-order valence-corrected chi connectivity index (χ3v) is 6.49. The van der Waals surface area contributed by atoms with E-state index in [-0.39, 0.29) is 39.6 Å². The molecule has 0 aromatic heterocycles. The second-order valence-electron chi connectivity index (χ2n) is 8.20. The van der Waals surface area contributed by atoms with Crippen LogP contribution >= 0.6 is 23.2 Å². The van der Waals surface area contributed by atoms with Crippen LogP contribution in [0.1, 0.15) is 82.0 Å². The van der Waals surface area contributed by atoms with Gasteiger partial charge >= 0.3 is 5.97 Å². The lowest BCUT2D eigenvalue weighted by molar-refractivity contribution is -0.134. The number of amides is 1.